The topological polar surface area (TPSA) is 121 Å². The minimum atomic E-state index is -4.97. The monoisotopic (exact) mass is 574 g/mol. The maximum absolute atomic E-state index is 11.2. The summed E-state index contributed by atoms with van der Waals surface area (Å²) in [6.07, 6.45) is 0.109. The summed E-state index contributed by atoms with van der Waals surface area (Å²) < 4.78 is 48.2. The van der Waals surface area contributed by atoms with Crippen molar-refractivity contribution in [1.29, 1.82) is 0 Å². The van der Waals surface area contributed by atoms with E-state index in [-0.39, 0.29) is 167 Å². The molecule has 30 heavy (non-hydrogen) atoms. The second-order valence-electron chi connectivity index (χ2n) is 5.78. The van der Waals surface area contributed by atoms with Crippen LogP contribution < -0.4 is 4.74 Å². The van der Waals surface area contributed by atoms with Crippen LogP contribution in [0.4, 0.5) is 0 Å². The van der Waals surface area contributed by atoms with Crippen molar-refractivity contribution in [2.24, 2.45) is 0 Å². The Kier molecular flexibility index (Phi) is 19.8. The van der Waals surface area contributed by atoms with Crippen molar-refractivity contribution < 1.29 is 32.1 Å². The van der Waals surface area contributed by atoms with Gasteiger partial charge in [0.1, 0.15) is 11.5 Å². The Balaban J connectivity index is 0. The standard InChI is InChI=1S/C16H17Cl2O7PS.3K.3H/c17-14-8-7-13(10-15(14)18)25-12-5-1-3-11(9-12)4-2-6-16(26(19,20)21)27(22,23)24;;;;;;/h1,3,5,7-10,16H,2,4,6H2,(H2,19,20,21)(H,22,23,24);;;;;;. The van der Waals surface area contributed by atoms with Crippen molar-refractivity contribution in [3.05, 3.63) is 58.1 Å². The molecule has 0 aromatic heterocycles. The van der Waals surface area contributed by atoms with Crippen LogP contribution in [0.1, 0.15) is 18.4 Å². The summed E-state index contributed by atoms with van der Waals surface area (Å²) in [5, 5.41) is 0.746. The SMILES string of the molecule is O=P(O)(O)C(CCCc1cccc(Oc2ccc(Cl)c(Cl)c2)c1)S(=O)(=O)O.[KH].[KH].[KH]. The third kappa shape index (κ3) is 12.7. The second-order valence-corrected chi connectivity index (χ2v) is 10.3. The summed E-state index contributed by atoms with van der Waals surface area (Å²) in [4.78, 5) is 16.1. The Morgan fingerprint density at radius 3 is 2.10 bits per heavy atom. The molecular formula is C16H20Cl2K3O7PS. The molecule has 1 unspecified atom stereocenters. The molecule has 2 aromatic rings. The van der Waals surface area contributed by atoms with Crippen LogP contribution in [0.3, 0.4) is 0 Å². The number of rotatable bonds is 8. The number of hydrogen-bond donors (Lipinski definition) is 3. The van der Waals surface area contributed by atoms with E-state index in [1.165, 1.54) is 0 Å². The van der Waals surface area contributed by atoms with E-state index in [9.17, 15) is 13.0 Å². The van der Waals surface area contributed by atoms with Crippen molar-refractivity contribution in [3.8, 4) is 11.5 Å². The second kappa shape index (κ2) is 16.5. The molecule has 154 valence electrons. The Morgan fingerprint density at radius 1 is 0.967 bits per heavy atom. The third-order valence-electron chi connectivity index (χ3n) is 3.66. The number of aryl methyl sites for hydroxylation is 1. The zero-order chi connectivity index (χ0) is 20.2. The van der Waals surface area contributed by atoms with Gasteiger partial charge in [0.05, 0.1) is 10.0 Å². The van der Waals surface area contributed by atoms with Gasteiger partial charge >= 0.3 is 162 Å². The molecule has 0 radical (unpaired) electrons. The van der Waals surface area contributed by atoms with E-state index in [0.717, 1.165) is 5.56 Å². The van der Waals surface area contributed by atoms with Gasteiger partial charge in [0, 0.05) is 6.07 Å². The van der Waals surface area contributed by atoms with Gasteiger partial charge in [0.2, 0.25) is 0 Å². The molecule has 7 nitrogen and oxygen atoms in total. The molecule has 0 saturated heterocycles. The van der Waals surface area contributed by atoms with E-state index in [4.69, 9.17) is 42.3 Å². The Bertz CT molecular complexity index is 973. The average Bonchev–Trinajstić information content (AvgIpc) is 2.53. The van der Waals surface area contributed by atoms with Crippen molar-refractivity contribution in [1.82, 2.24) is 0 Å². The van der Waals surface area contributed by atoms with Gasteiger partial charge in [-0.25, -0.2) is 0 Å². The van der Waals surface area contributed by atoms with E-state index in [1.807, 2.05) is 0 Å². The number of benzene rings is 2. The van der Waals surface area contributed by atoms with Gasteiger partial charge in [0.15, 0.2) is 4.99 Å². The molecule has 3 N–H and O–H groups in total. The molecule has 0 amide bonds. The summed E-state index contributed by atoms with van der Waals surface area (Å²) >= 11 is 11.8. The average molecular weight is 576 g/mol. The quantitative estimate of drug-likeness (QED) is 0.251. The first kappa shape index (κ1) is 35.9. The van der Waals surface area contributed by atoms with E-state index in [0.29, 0.717) is 28.0 Å². The first-order valence-corrected chi connectivity index (χ1v) is 11.6. The molecular weight excluding hydrogens is 555 g/mol. The van der Waals surface area contributed by atoms with E-state index < -0.39 is 22.7 Å². The Morgan fingerprint density at radius 2 is 1.57 bits per heavy atom. The van der Waals surface area contributed by atoms with Crippen molar-refractivity contribution in [2.75, 3.05) is 0 Å². The van der Waals surface area contributed by atoms with Crippen LogP contribution in [0.5, 0.6) is 11.5 Å². The molecule has 0 aliphatic carbocycles. The molecule has 0 heterocycles. The van der Waals surface area contributed by atoms with Gasteiger partial charge in [0.25, 0.3) is 10.1 Å². The van der Waals surface area contributed by atoms with Gasteiger partial charge in [-0.2, -0.15) is 8.42 Å². The van der Waals surface area contributed by atoms with Crippen LogP contribution >= 0.6 is 30.8 Å². The fourth-order valence-corrected chi connectivity index (χ4v) is 5.07. The predicted octanol–water partition coefficient (Wildman–Crippen LogP) is 2.55. The van der Waals surface area contributed by atoms with Gasteiger partial charge in [-0.05, 0) is 49.1 Å². The first-order chi connectivity index (χ1) is 12.5. The van der Waals surface area contributed by atoms with Crippen LogP contribution in [0, 0.1) is 0 Å². The zero-order valence-corrected chi connectivity index (χ0v) is 17.0. The van der Waals surface area contributed by atoms with E-state index >= 15 is 0 Å². The summed E-state index contributed by atoms with van der Waals surface area (Å²) in [6.45, 7) is 0. The molecule has 2 aromatic carbocycles. The first-order valence-electron chi connectivity index (χ1n) is 7.70. The van der Waals surface area contributed by atoms with E-state index in [1.54, 1.807) is 42.5 Å². The molecule has 0 aliphatic rings. The fraction of sp³-hybridized carbons (Fsp3) is 0.250. The van der Waals surface area contributed by atoms with E-state index in [2.05, 4.69) is 0 Å². The fourth-order valence-electron chi connectivity index (χ4n) is 2.41. The molecule has 0 spiro atoms. The number of halogens is 2. The van der Waals surface area contributed by atoms with Crippen molar-refractivity contribution in [2.45, 2.75) is 24.3 Å². The van der Waals surface area contributed by atoms with Crippen molar-refractivity contribution >= 4 is 195 Å². The summed E-state index contributed by atoms with van der Waals surface area (Å²) in [5.74, 6) is 0.988. The van der Waals surface area contributed by atoms with Gasteiger partial charge < -0.3 is 14.5 Å². The zero-order valence-electron chi connectivity index (χ0n) is 13.8. The summed E-state index contributed by atoms with van der Waals surface area (Å²) in [6, 6.07) is 11.7. The molecule has 14 heteroatoms. The van der Waals surface area contributed by atoms with Gasteiger partial charge in [-0.3, -0.25) is 9.12 Å². The summed E-state index contributed by atoms with van der Waals surface area (Å²) in [5.41, 5.74) is 0.771. The number of ether oxygens (including phenoxy) is 1. The predicted molar refractivity (Wildman–Crippen MR) is 125 cm³/mol. The molecule has 0 fully saturated rings. The normalized spacial score (nSPS) is 12.0. The van der Waals surface area contributed by atoms with Crippen molar-refractivity contribution in [3.63, 3.8) is 0 Å². The van der Waals surface area contributed by atoms with Gasteiger partial charge in [-0.15, -0.1) is 0 Å². The molecule has 0 saturated carbocycles. The maximum atomic E-state index is 11.2. The van der Waals surface area contributed by atoms with Crippen LogP contribution in [0.25, 0.3) is 0 Å². The molecule has 2 rings (SSSR count). The minimum absolute atomic E-state index is 0. The van der Waals surface area contributed by atoms with Crippen LogP contribution in [0.15, 0.2) is 42.5 Å². The van der Waals surface area contributed by atoms with Crippen LogP contribution in [-0.2, 0) is 21.1 Å². The Labute approximate surface area is 313 Å². The van der Waals surface area contributed by atoms with Crippen LogP contribution in [0.2, 0.25) is 10.0 Å². The summed E-state index contributed by atoms with van der Waals surface area (Å²) in [7, 11) is -9.81. The third-order valence-corrected chi connectivity index (χ3v) is 7.95. The molecule has 0 bridgehead atoms. The molecule has 0 aliphatic heterocycles. The Hall–Kier alpha value is 3.79. The number of hydrogen-bond acceptors (Lipinski definition) is 4. The van der Waals surface area contributed by atoms with Crippen LogP contribution in [-0.4, -0.2) is 182 Å². The molecule has 1 atom stereocenters. The van der Waals surface area contributed by atoms with Gasteiger partial charge in [-0.1, -0.05) is 35.3 Å².